The van der Waals surface area contributed by atoms with E-state index in [-0.39, 0.29) is 18.0 Å². The van der Waals surface area contributed by atoms with Crippen molar-refractivity contribution in [3.05, 3.63) is 87.6 Å². The van der Waals surface area contributed by atoms with Crippen LogP contribution in [0, 0.1) is 11.3 Å². The lowest BCUT2D eigenvalue weighted by Gasteiger charge is -2.06. The number of aromatic amines is 1. The number of hydrogen-bond acceptors (Lipinski definition) is 5. The van der Waals surface area contributed by atoms with Crippen LogP contribution in [0.1, 0.15) is 22.5 Å². The minimum atomic E-state index is -0.287. The summed E-state index contributed by atoms with van der Waals surface area (Å²) < 4.78 is 1.46. The maximum Gasteiger partial charge on any atom is 0.255 e. The van der Waals surface area contributed by atoms with Crippen LogP contribution < -0.4 is 5.56 Å². The Hall–Kier alpha value is -3.76. The first-order valence-corrected chi connectivity index (χ1v) is 8.34. The molecule has 0 atom stereocenters. The molecule has 0 amide bonds. The van der Waals surface area contributed by atoms with Crippen LogP contribution in [0.15, 0.2) is 59.5 Å². The van der Waals surface area contributed by atoms with Gasteiger partial charge in [-0.2, -0.15) is 10.2 Å². The van der Waals surface area contributed by atoms with Gasteiger partial charge in [0.25, 0.3) is 5.56 Å². The molecule has 7 nitrogen and oxygen atoms in total. The second-order valence-electron chi connectivity index (χ2n) is 6.09. The van der Waals surface area contributed by atoms with Gasteiger partial charge in [0.1, 0.15) is 6.61 Å². The molecule has 4 rings (SSSR count). The van der Waals surface area contributed by atoms with E-state index in [1.807, 2.05) is 42.5 Å². The van der Waals surface area contributed by atoms with Gasteiger partial charge in [-0.3, -0.25) is 9.78 Å². The lowest BCUT2D eigenvalue weighted by atomic mass is 9.98. The van der Waals surface area contributed by atoms with Crippen molar-refractivity contribution >= 4 is 5.78 Å². The minimum absolute atomic E-state index is 0.238. The van der Waals surface area contributed by atoms with Gasteiger partial charge in [-0.1, -0.05) is 42.5 Å². The maximum absolute atomic E-state index is 12.3. The molecule has 0 unspecified atom stereocenters. The summed E-state index contributed by atoms with van der Waals surface area (Å²) in [5.41, 5.74) is 3.72. The number of H-pyrrole nitrogens is 1. The number of aliphatic hydroxyl groups is 1. The Kier molecular flexibility index (Phi) is 4.24. The van der Waals surface area contributed by atoms with Gasteiger partial charge in [0, 0.05) is 18.2 Å². The molecule has 4 aromatic rings. The van der Waals surface area contributed by atoms with Gasteiger partial charge in [0.2, 0.25) is 5.78 Å². The molecule has 0 spiro atoms. The van der Waals surface area contributed by atoms with Crippen molar-refractivity contribution in [2.24, 2.45) is 0 Å². The van der Waals surface area contributed by atoms with Crippen molar-refractivity contribution in [3.8, 4) is 17.2 Å². The number of nitrogens with zero attached hydrogens (tertiary/aromatic N) is 4. The topological polar surface area (TPSA) is 107 Å². The molecule has 0 radical (unpaired) electrons. The van der Waals surface area contributed by atoms with E-state index in [1.165, 1.54) is 4.52 Å². The van der Waals surface area contributed by atoms with Gasteiger partial charge in [-0.25, -0.2) is 4.52 Å². The van der Waals surface area contributed by atoms with E-state index in [0.29, 0.717) is 23.3 Å². The highest BCUT2D eigenvalue weighted by Crippen LogP contribution is 2.23. The molecule has 132 valence electrons. The van der Waals surface area contributed by atoms with Crippen LogP contribution in [0.25, 0.3) is 16.9 Å². The third kappa shape index (κ3) is 3.21. The average Bonchev–Trinajstić information content (AvgIpc) is 3.10. The molecule has 0 saturated heterocycles. The fourth-order valence-electron chi connectivity index (χ4n) is 2.98. The van der Waals surface area contributed by atoms with Gasteiger partial charge < -0.3 is 5.11 Å². The summed E-state index contributed by atoms with van der Waals surface area (Å²) in [6, 6.07) is 17.4. The molecule has 2 aromatic carbocycles. The minimum Gasteiger partial charge on any atom is -0.388 e. The molecule has 7 heteroatoms. The monoisotopic (exact) mass is 357 g/mol. The van der Waals surface area contributed by atoms with Crippen LogP contribution in [-0.2, 0) is 13.0 Å². The fourth-order valence-corrected chi connectivity index (χ4v) is 2.98. The summed E-state index contributed by atoms with van der Waals surface area (Å²) in [5, 5.41) is 22.5. The summed E-state index contributed by atoms with van der Waals surface area (Å²) in [7, 11) is 0. The van der Waals surface area contributed by atoms with Crippen LogP contribution in [-0.4, -0.2) is 24.7 Å². The number of fused-ring (bicyclic) bond motifs is 1. The summed E-state index contributed by atoms with van der Waals surface area (Å²) in [6.45, 7) is -0.287. The number of rotatable bonds is 4. The van der Waals surface area contributed by atoms with Crippen LogP contribution in [0.2, 0.25) is 0 Å². The summed E-state index contributed by atoms with van der Waals surface area (Å²) in [4.78, 5) is 19.0. The quantitative estimate of drug-likeness (QED) is 0.581. The first-order chi connectivity index (χ1) is 13.2. The third-order valence-electron chi connectivity index (χ3n) is 4.32. The predicted molar refractivity (Wildman–Crippen MR) is 98.9 cm³/mol. The van der Waals surface area contributed by atoms with E-state index < -0.39 is 0 Å². The van der Waals surface area contributed by atoms with Gasteiger partial charge >= 0.3 is 0 Å². The predicted octanol–water partition coefficient (Wildman–Crippen LogP) is 2.04. The Bertz CT molecular complexity index is 1220. The first-order valence-electron chi connectivity index (χ1n) is 8.34. The Morgan fingerprint density at radius 2 is 1.93 bits per heavy atom. The number of nitriles is 1. The molecule has 0 aliphatic rings. The third-order valence-corrected chi connectivity index (χ3v) is 4.32. The molecule has 0 saturated carbocycles. The Morgan fingerprint density at radius 1 is 1.15 bits per heavy atom. The summed E-state index contributed by atoms with van der Waals surface area (Å²) in [6.07, 6.45) is 2.05. The van der Waals surface area contributed by atoms with Gasteiger partial charge in [0.05, 0.1) is 11.6 Å². The average molecular weight is 357 g/mol. The van der Waals surface area contributed by atoms with Crippen LogP contribution in [0.4, 0.5) is 0 Å². The second-order valence-corrected chi connectivity index (χ2v) is 6.09. The molecular weight excluding hydrogens is 342 g/mol. The fraction of sp³-hybridized carbons (Fsp3) is 0.100. The number of hydrogen-bond donors (Lipinski definition) is 2. The largest absolute Gasteiger partial charge is 0.388 e. The summed E-state index contributed by atoms with van der Waals surface area (Å²) >= 11 is 0. The first kappa shape index (κ1) is 16.7. The normalized spacial score (nSPS) is 10.8. The van der Waals surface area contributed by atoms with E-state index in [0.717, 1.165) is 16.7 Å². The molecular formula is C20H15N5O2. The molecule has 27 heavy (non-hydrogen) atoms. The second kappa shape index (κ2) is 6.86. The van der Waals surface area contributed by atoms with Crippen molar-refractivity contribution in [2.75, 3.05) is 0 Å². The van der Waals surface area contributed by atoms with E-state index in [2.05, 4.69) is 21.1 Å². The standard InChI is InChI=1S/C20H15N5O2/c21-10-15-3-1-2-4-17(15)14-7-5-13(6-8-14)9-16-11-25-20(23-19(16)27)22-18(12-26)24-25/h1-8,11,26H,9,12H2,(H,22,23,24,27). The highest BCUT2D eigenvalue weighted by molar-refractivity contribution is 5.70. The van der Waals surface area contributed by atoms with Crippen LogP contribution in [0.3, 0.4) is 0 Å². The van der Waals surface area contributed by atoms with Crippen molar-refractivity contribution < 1.29 is 5.11 Å². The smallest absolute Gasteiger partial charge is 0.255 e. The van der Waals surface area contributed by atoms with Crippen molar-refractivity contribution in [2.45, 2.75) is 13.0 Å². The molecule has 2 N–H and O–H groups in total. The molecule has 0 aliphatic carbocycles. The number of aromatic nitrogens is 4. The maximum atomic E-state index is 12.3. The van der Waals surface area contributed by atoms with Crippen LogP contribution >= 0.6 is 0 Å². The highest BCUT2D eigenvalue weighted by atomic mass is 16.3. The van der Waals surface area contributed by atoms with Gasteiger partial charge in [-0.05, 0) is 22.8 Å². The number of aliphatic hydroxyl groups excluding tert-OH is 1. The molecule has 0 aliphatic heterocycles. The van der Waals surface area contributed by atoms with Crippen molar-refractivity contribution in [1.82, 2.24) is 19.6 Å². The SMILES string of the molecule is N#Cc1ccccc1-c1ccc(Cc2cn3nc(CO)nc3[nH]c2=O)cc1. The van der Waals surface area contributed by atoms with Gasteiger partial charge in [0.15, 0.2) is 5.82 Å². The Labute approximate surface area is 154 Å². The van der Waals surface area contributed by atoms with E-state index in [4.69, 9.17) is 5.11 Å². The van der Waals surface area contributed by atoms with E-state index in [1.54, 1.807) is 12.3 Å². The molecule has 2 aromatic heterocycles. The summed E-state index contributed by atoms with van der Waals surface area (Å²) in [5.74, 6) is 0.555. The molecule has 0 fully saturated rings. The lowest BCUT2D eigenvalue weighted by molar-refractivity contribution is 0.271. The van der Waals surface area contributed by atoms with E-state index in [9.17, 15) is 10.1 Å². The van der Waals surface area contributed by atoms with Crippen LogP contribution in [0.5, 0.6) is 0 Å². The zero-order valence-electron chi connectivity index (χ0n) is 14.3. The Morgan fingerprint density at radius 3 is 2.67 bits per heavy atom. The van der Waals surface area contributed by atoms with E-state index >= 15 is 0 Å². The zero-order chi connectivity index (χ0) is 18.8. The molecule has 2 heterocycles. The highest BCUT2D eigenvalue weighted by Gasteiger charge is 2.09. The van der Waals surface area contributed by atoms with Crippen molar-refractivity contribution in [1.29, 1.82) is 5.26 Å². The Balaban J connectivity index is 1.64. The number of benzene rings is 2. The molecule has 0 bridgehead atoms. The van der Waals surface area contributed by atoms with Gasteiger partial charge in [-0.15, -0.1) is 5.10 Å². The lowest BCUT2D eigenvalue weighted by Crippen LogP contribution is -2.15. The number of nitrogens with one attached hydrogen (secondary N) is 1. The van der Waals surface area contributed by atoms with Crippen molar-refractivity contribution in [3.63, 3.8) is 0 Å². The zero-order valence-corrected chi connectivity index (χ0v) is 14.3.